The number of aromatic nitrogens is 1. The number of carbonyl (C=O) groups is 1. The average molecular weight is 367 g/mol. The highest BCUT2D eigenvalue weighted by Gasteiger charge is 2.20. The van der Waals surface area contributed by atoms with Gasteiger partial charge in [-0.2, -0.15) is 0 Å². The molecule has 0 amide bonds. The molecule has 0 aliphatic rings. The largest absolute Gasteiger partial charge is 0.464 e. The van der Waals surface area contributed by atoms with Gasteiger partial charge < -0.3 is 4.74 Å². The lowest BCUT2D eigenvalue weighted by Crippen LogP contribution is -2.07. The fourth-order valence-corrected chi connectivity index (χ4v) is 3.11. The van der Waals surface area contributed by atoms with Crippen LogP contribution >= 0.6 is 34.8 Å². The van der Waals surface area contributed by atoms with Gasteiger partial charge in [-0.3, -0.25) is 0 Å². The lowest BCUT2D eigenvalue weighted by atomic mass is 10.0. The summed E-state index contributed by atoms with van der Waals surface area (Å²) in [6.45, 7) is 0. The van der Waals surface area contributed by atoms with Crippen molar-refractivity contribution in [1.29, 1.82) is 0 Å². The first-order valence-electron chi connectivity index (χ1n) is 6.64. The van der Waals surface area contributed by atoms with Crippen LogP contribution in [0.4, 0.5) is 0 Å². The van der Waals surface area contributed by atoms with E-state index in [0.29, 0.717) is 31.7 Å². The van der Waals surface area contributed by atoms with Crippen LogP contribution in [0.25, 0.3) is 22.0 Å². The zero-order chi connectivity index (χ0) is 16.6. The minimum atomic E-state index is -0.571. The highest BCUT2D eigenvalue weighted by molar-refractivity contribution is 6.39. The summed E-state index contributed by atoms with van der Waals surface area (Å²) >= 11 is 18.5. The van der Waals surface area contributed by atoms with Crippen LogP contribution in [0, 0.1) is 0 Å². The molecule has 0 unspecified atom stereocenters. The van der Waals surface area contributed by atoms with Gasteiger partial charge in [-0.15, -0.1) is 0 Å². The molecule has 0 saturated carbocycles. The number of rotatable bonds is 2. The van der Waals surface area contributed by atoms with Gasteiger partial charge in [-0.1, -0.05) is 46.9 Å². The number of nitrogens with zero attached hydrogens (tertiary/aromatic N) is 1. The second kappa shape index (κ2) is 6.36. The minimum absolute atomic E-state index is 0.136. The first-order chi connectivity index (χ1) is 11.0. The molecule has 3 aromatic rings. The summed E-state index contributed by atoms with van der Waals surface area (Å²) in [5.41, 5.74) is 1.78. The highest BCUT2D eigenvalue weighted by Crippen LogP contribution is 2.37. The molecule has 0 fully saturated rings. The van der Waals surface area contributed by atoms with Crippen LogP contribution < -0.4 is 0 Å². The van der Waals surface area contributed by atoms with Crippen molar-refractivity contribution in [1.82, 2.24) is 4.98 Å². The van der Waals surface area contributed by atoms with E-state index in [2.05, 4.69) is 4.98 Å². The number of carbonyl (C=O) groups excluding carboxylic acids is 1. The van der Waals surface area contributed by atoms with Crippen molar-refractivity contribution < 1.29 is 9.53 Å². The van der Waals surface area contributed by atoms with Crippen LogP contribution in [0.3, 0.4) is 0 Å². The number of fused-ring (bicyclic) bond motifs is 1. The van der Waals surface area contributed by atoms with E-state index in [9.17, 15) is 4.79 Å². The van der Waals surface area contributed by atoms with E-state index in [1.54, 1.807) is 36.4 Å². The first-order valence-corrected chi connectivity index (χ1v) is 7.77. The topological polar surface area (TPSA) is 39.2 Å². The molecule has 0 N–H and O–H groups in total. The molecule has 0 radical (unpaired) electrons. The van der Waals surface area contributed by atoms with Crippen LogP contribution in [0.15, 0.2) is 42.5 Å². The van der Waals surface area contributed by atoms with Crippen LogP contribution in [0.2, 0.25) is 15.1 Å². The quantitative estimate of drug-likeness (QED) is 0.550. The summed E-state index contributed by atoms with van der Waals surface area (Å²) in [5, 5.41) is 2.20. The molecule has 1 heterocycles. The second-order valence-electron chi connectivity index (χ2n) is 4.81. The standard InChI is InChI=1S/C17H10Cl3NO2/c1-23-17(22)16-11(15-12(19)3-2-4-13(15)20)7-9-5-6-10(18)8-14(9)21-16/h2-8H,1H3. The first kappa shape index (κ1) is 16.1. The molecule has 3 nitrogen and oxygen atoms in total. The zero-order valence-electron chi connectivity index (χ0n) is 11.9. The molecular weight excluding hydrogens is 357 g/mol. The second-order valence-corrected chi connectivity index (χ2v) is 6.06. The molecule has 2 aromatic carbocycles. The van der Waals surface area contributed by atoms with Gasteiger partial charge in [0.1, 0.15) is 0 Å². The zero-order valence-corrected chi connectivity index (χ0v) is 14.2. The Morgan fingerprint density at radius 3 is 2.39 bits per heavy atom. The van der Waals surface area contributed by atoms with Gasteiger partial charge in [0.25, 0.3) is 0 Å². The van der Waals surface area contributed by atoms with Crippen molar-refractivity contribution >= 4 is 51.7 Å². The van der Waals surface area contributed by atoms with E-state index in [-0.39, 0.29) is 5.69 Å². The predicted octanol–water partition coefficient (Wildman–Crippen LogP) is 5.65. The van der Waals surface area contributed by atoms with Crippen molar-refractivity contribution in [2.75, 3.05) is 7.11 Å². The summed E-state index contributed by atoms with van der Waals surface area (Å²) in [7, 11) is 1.30. The Kier molecular flexibility index (Phi) is 4.44. The number of halogens is 3. The van der Waals surface area contributed by atoms with Gasteiger partial charge in [0.15, 0.2) is 5.69 Å². The normalized spacial score (nSPS) is 10.8. The van der Waals surface area contributed by atoms with Crippen molar-refractivity contribution in [2.45, 2.75) is 0 Å². The van der Waals surface area contributed by atoms with Crippen LogP contribution in [0.5, 0.6) is 0 Å². The summed E-state index contributed by atoms with van der Waals surface area (Å²) in [6, 6.07) is 12.2. The summed E-state index contributed by atoms with van der Waals surface area (Å²) in [4.78, 5) is 16.5. The molecule has 0 aliphatic heterocycles. The number of hydrogen-bond donors (Lipinski definition) is 0. The van der Waals surface area contributed by atoms with Gasteiger partial charge in [0.2, 0.25) is 0 Å². The molecule has 0 spiro atoms. The van der Waals surface area contributed by atoms with Gasteiger partial charge in [-0.05, 0) is 30.3 Å². The Morgan fingerprint density at radius 2 is 1.74 bits per heavy atom. The van der Waals surface area contributed by atoms with E-state index < -0.39 is 5.97 Å². The van der Waals surface area contributed by atoms with E-state index >= 15 is 0 Å². The Bertz CT molecular complexity index is 905. The molecule has 6 heteroatoms. The third-order valence-corrected chi connectivity index (χ3v) is 4.26. The minimum Gasteiger partial charge on any atom is -0.464 e. The van der Waals surface area contributed by atoms with Gasteiger partial charge >= 0.3 is 5.97 Å². The maximum Gasteiger partial charge on any atom is 0.357 e. The molecule has 1 aromatic heterocycles. The van der Waals surface area contributed by atoms with E-state index in [0.717, 1.165) is 5.39 Å². The van der Waals surface area contributed by atoms with E-state index in [4.69, 9.17) is 39.5 Å². The van der Waals surface area contributed by atoms with Gasteiger partial charge in [-0.25, -0.2) is 9.78 Å². The molecule has 0 bridgehead atoms. The molecular formula is C17H10Cl3NO2. The Labute approximate surface area is 147 Å². The van der Waals surface area contributed by atoms with Crippen LogP contribution in [-0.2, 0) is 4.74 Å². The maximum atomic E-state index is 12.2. The summed E-state index contributed by atoms with van der Waals surface area (Å²) in [6.07, 6.45) is 0. The Balaban J connectivity index is 2.38. The van der Waals surface area contributed by atoms with Crippen molar-refractivity contribution in [3.05, 3.63) is 63.2 Å². The number of esters is 1. The lowest BCUT2D eigenvalue weighted by molar-refractivity contribution is 0.0595. The molecule has 3 rings (SSSR count). The molecule has 23 heavy (non-hydrogen) atoms. The average Bonchev–Trinajstić information content (AvgIpc) is 2.53. The van der Waals surface area contributed by atoms with Crippen LogP contribution in [-0.4, -0.2) is 18.1 Å². The predicted molar refractivity (Wildman–Crippen MR) is 93.5 cm³/mol. The van der Waals surface area contributed by atoms with Gasteiger partial charge in [0, 0.05) is 31.6 Å². The number of methoxy groups -OCH3 is 1. The highest BCUT2D eigenvalue weighted by atomic mass is 35.5. The molecule has 0 atom stereocenters. The summed E-state index contributed by atoms with van der Waals surface area (Å²) < 4.78 is 4.84. The maximum absolute atomic E-state index is 12.2. The van der Waals surface area contributed by atoms with Crippen molar-refractivity contribution in [3.63, 3.8) is 0 Å². The lowest BCUT2D eigenvalue weighted by Gasteiger charge is -2.12. The van der Waals surface area contributed by atoms with E-state index in [1.165, 1.54) is 7.11 Å². The monoisotopic (exact) mass is 365 g/mol. The number of hydrogen-bond acceptors (Lipinski definition) is 3. The molecule has 0 saturated heterocycles. The van der Waals surface area contributed by atoms with E-state index in [1.807, 2.05) is 6.07 Å². The Morgan fingerprint density at radius 1 is 1.04 bits per heavy atom. The van der Waals surface area contributed by atoms with Crippen molar-refractivity contribution in [2.24, 2.45) is 0 Å². The summed E-state index contributed by atoms with van der Waals surface area (Å²) in [5.74, 6) is -0.571. The number of benzene rings is 2. The number of ether oxygens (including phenoxy) is 1. The fourth-order valence-electron chi connectivity index (χ4n) is 2.34. The third kappa shape index (κ3) is 3.00. The van der Waals surface area contributed by atoms with Crippen molar-refractivity contribution in [3.8, 4) is 11.1 Å². The fraction of sp³-hybridized carbons (Fsp3) is 0.0588. The molecule has 116 valence electrons. The number of pyridine rings is 1. The molecule has 0 aliphatic carbocycles. The Hall–Kier alpha value is -1.81. The van der Waals surface area contributed by atoms with Crippen LogP contribution in [0.1, 0.15) is 10.5 Å². The smallest absolute Gasteiger partial charge is 0.357 e. The SMILES string of the molecule is COC(=O)c1nc2cc(Cl)ccc2cc1-c1c(Cl)cccc1Cl. The van der Waals surface area contributed by atoms with Gasteiger partial charge in [0.05, 0.1) is 12.6 Å². The third-order valence-electron chi connectivity index (χ3n) is 3.39.